The summed E-state index contributed by atoms with van der Waals surface area (Å²) in [6.45, 7) is 3.06. The fourth-order valence-corrected chi connectivity index (χ4v) is 2.68. The fourth-order valence-electron chi connectivity index (χ4n) is 2.68. The lowest BCUT2D eigenvalue weighted by molar-refractivity contribution is 0.0697. The van der Waals surface area contributed by atoms with Crippen LogP contribution in [-0.4, -0.2) is 22.6 Å². The van der Waals surface area contributed by atoms with Crippen molar-refractivity contribution in [1.82, 2.24) is 4.98 Å². The van der Waals surface area contributed by atoms with Gasteiger partial charge in [-0.05, 0) is 49.1 Å². The Morgan fingerprint density at radius 2 is 2.33 bits per heavy atom. The van der Waals surface area contributed by atoms with Gasteiger partial charge in [0.2, 0.25) is 0 Å². The molecule has 0 bridgehead atoms. The Balaban J connectivity index is 1.84. The normalized spacial score (nSPS) is 24.7. The van der Waals surface area contributed by atoms with Crippen molar-refractivity contribution < 1.29 is 9.90 Å². The average Bonchev–Trinajstić information content (AvgIpc) is 2.87. The summed E-state index contributed by atoms with van der Waals surface area (Å²) in [5.74, 6) is 1.12. The van der Waals surface area contributed by atoms with Crippen molar-refractivity contribution in [3.63, 3.8) is 0 Å². The minimum absolute atomic E-state index is 0.323. The van der Waals surface area contributed by atoms with E-state index < -0.39 is 5.97 Å². The molecule has 2 unspecified atom stereocenters. The first-order valence-corrected chi connectivity index (χ1v) is 6.65. The molecule has 0 aromatic carbocycles. The van der Waals surface area contributed by atoms with Crippen LogP contribution in [0.4, 0.5) is 5.82 Å². The van der Waals surface area contributed by atoms with Crippen LogP contribution in [0.3, 0.4) is 0 Å². The van der Waals surface area contributed by atoms with E-state index in [4.69, 9.17) is 0 Å². The highest BCUT2D eigenvalue weighted by Crippen LogP contribution is 2.37. The molecule has 2 atom stereocenters. The van der Waals surface area contributed by atoms with Gasteiger partial charge >= 0.3 is 5.97 Å². The second-order valence-corrected chi connectivity index (χ2v) is 5.50. The smallest absolute Gasteiger partial charge is 0.339 e. The Morgan fingerprint density at radius 3 is 3.00 bits per heavy atom. The first-order valence-electron chi connectivity index (χ1n) is 6.65. The quantitative estimate of drug-likeness (QED) is 0.856. The number of aromatic nitrogens is 1. The second kappa shape index (κ2) is 4.26. The van der Waals surface area contributed by atoms with Crippen LogP contribution < -0.4 is 5.32 Å². The largest absolute Gasteiger partial charge is 0.478 e. The molecule has 1 fully saturated rings. The minimum atomic E-state index is -0.886. The van der Waals surface area contributed by atoms with Gasteiger partial charge in [0.25, 0.3) is 0 Å². The lowest BCUT2D eigenvalue weighted by atomic mass is 10.1. The van der Waals surface area contributed by atoms with Crippen molar-refractivity contribution in [2.45, 2.75) is 32.6 Å². The molecule has 1 aromatic rings. The number of carboxylic acid groups (broad SMARTS) is 1. The highest BCUT2D eigenvalue weighted by atomic mass is 16.4. The van der Waals surface area contributed by atoms with Gasteiger partial charge in [0.1, 0.15) is 11.4 Å². The first-order chi connectivity index (χ1) is 8.65. The number of carbonyl (C=O) groups is 1. The van der Waals surface area contributed by atoms with Crippen LogP contribution in [0, 0.1) is 11.8 Å². The van der Waals surface area contributed by atoms with E-state index in [9.17, 15) is 9.90 Å². The van der Waals surface area contributed by atoms with Gasteiger partial charge in [-0.2, -0.15) is 0 Å². The molecular formula is C14H18N2O2. The SMILES string of the molecule is CC1CC1CNc1nc2c(cc1C(=O)O)CCC2. The zero-order valence-electron chi connectivity index (χ0n) is 10.6. The van der Waals surface area contributed by atoms with Gasteiger partial charge in [-0.25, -0.2) is 9.78 Å². The molecule has 4 heteroatoms. The van der Waals surface area contributed by atoms with Crippen LogP contribution >= 0.6 is 0 Å². The highest BCUT2D eigenvalue weighted by molar-refractivity contribution is 5.93. The minimum Gasteiger partial charge on any atom is -0.478 e. The van der Waals surface area contributed by atoms with Gasteiger partial charge in [0.15, 0.2) is 0 Å². The van der Waals surface area contributed by atoms with E-state index >= 15 is 0 Å². The van der Waals surface area contributed by atoms with Crippen LogP contribution in [0.15, 0.2) is 6.07 Å². The predicted octanol–water partition coefficient (Wildman–Crippen LogP) is 2.34. The molecule has 4 nitrogen and oxygen atoms in total. The highest BCUT2D eigenvalue weighted by Gasteiger charge is 2.32. The van der Waals surface area contributed by atoms with Crippen molar-refractivity contribution in [2.24, 2.45) is 11.8 Å². The number of aryl methyl sites for hydroxylation is 2. The molecular weight excluding hydrogens is 228 g/mol. The van der Waals surface area contributed by atoms with E-state index in [1.165, 1.54) is 6.42 Å². The third kappa shape index (κ3) is 2.07. The summed E-state index contributed by atoms with van der Waals surface area (Å²) in [5.41, 5.74) is 2.51. The van der Waals surface area contributed by atoms with E-state index in [2.05, 4.69) is 17.2 Å². The number of hydrogen-bond acceptors (Lipinski definition) is 3. The number of nitrogens with one attached hydrogen (secondary N) is 1. The number of fused-ring (bicyclic) bond motifs is 1. The Kier molecular flexibility index (Phi) is 2.73. The van der Waals surface area contributed by atoms with Crippen molar-refractivity contribution in [2.75, 3.05) is 11.9 Å². The summed E-state index contributed by atoms with van der Waals surface area (Å²) in [5, 5.41) is 12.5. The zero-order valence-corrected chi connectivity index (χ0v) is 10.6. The van der Waals surface area contributed by atoms with Gasteiger partial charge in [-0.1, -0.05) is 6.92 Å². The zero-order chi connectivity index (χ0) is 12.7. The Hall–Kier alpha value is -1.58. The van der Waals surface area contributed by atoms with Crippen LogP contribution in [0.5, 0.6) is 0 Å². The van der Waals surface area contributed by atoms with Crippen LogP contribution in [0.2, 0.25) is 0 Å². The summed E-state index contributed by atoms with van der Waals surface area (Å²) >= 11 is 0. The van der Waals surface area contributed by atoms with Crippen LogP contribution in [0.25, 0.3) is 0 Å². The predicted molar refractivity (Wildman–Crippen MR) is 69.0 cm³/mol. The molecule has 1 aromatic heterocycles. The van der Waals surface area contributed by atoms with Gasteiger partial charge in [0.05, 0.1) is 0 Å². The molecule has 18 heavy (non-hydrogen) atoms. The maximum Gasteiger partial charge on any atom is 0.339 e. The molecule has 0 aliphatic heterocycles. The first kappa shape index (κ1) is 11.5. The third-order valence-electron chi connectivity index (χ3n) is 4.09. The van der Waals surface area contributed by atoms with Crippen molar-refractivity contribution in [3.8, 4) is 0 Å². The molecule has 0 radical (unpaired) electrons. The molecule has 1 saturated carbocycles. The van der Waals surface area contributed by atoms with Crippen molar-refractivity contribution in [1.29, 1.82) is 0 Å². The van der Waals surface area contributed by atoms with Gasteiger partial charge in [-0.15, -0.1) is 0 Å². The number of rotatable bonds is 4. The second-order valence-electron chi connectivity index (χ2n) is 5.50. The maximum atomic E-state index is 11.3. The Morgan fingerprint density at radius 1 is 1.56 bits per heavy atom. The summed E-state index contributed by atoms with van der Waals surface area (Å²) in [7, 11) is 0. The lowest BCUT2D eigenvalue weighted by Crippen LogP contribution is -2.12. The summed E-state index contributed by atoms with van der Waals surface area (Å²) in [4.78, 5) is 15.8. The number of nitrogens with zero attached hydrogens (tertiary/aromatic N) is 1. The molecule has 1 heterocycles. The molecule has 3 rings (SSSR count). The Bertz CT molecular complexity index is 499. The topological polar surface area (TPSA) is 62.2 Å². The molecule has 2 aliphatic carbocycles. The molecule has 2 N–H and O–H groups in total. The monoisotopic (exact) mass is 246 g/mol. The maximum absolute atomic E-state index is 11.3. The van der Waals surface area contributed by atoms with E-state index in [1.54, 1.807) is 6.07 Å². The van der Waals surface area contributed by atoms with Crippen molar-refractivity contribution >= 4 is 11.8 Å². The standard InChI is InChI=1S/C14H18N2O2/c1-8-5-10(8)7-15-13-11(14(17)18)6-9-3-2-4-12(9)16-13/h6,8,10H,2-5,7H2,1H3,(H,15,16)(H,17,18). The molecule has 0 amide bonds. The average molecular weight is 246 g/mol. The summed E-state index contributed by atoms with van der Waals surface area (Å²) in [6.07, 6.45) is 4.26. The van der Waals surface area contributed by atoms with Crippen LogP contribution in [-0.2, 0) is 12.8 Å². The summed E-state index contributed by atoms with van der Waals surface area (Å²) in [6, 6.07) is 1.80. The van der Waals surface area contributed by atoms with E-state index in [0.29, 0.717) is 17.3 Å². The fraction of sp³-hybridized carbons (Fsp3) is 0.571. The third-order valence-corrected chi connectivity index (χ3v) is 4.09. The van der Waals surface area contributed by atoms with Gasteiger partial charge < -0.3 is 10.4 Å². The van der Waals surface area contributed by atoms with E-state index in [0.717, 1.165) is 43.0 Å². The lowest BCUT2D eigenvalue weighted by Gasteiger charge is -2.10. The molecule has 96 valence electrons. The van der Waals surface area contributed by atoms with E-state index in [1.807, 2.05) is 0 Å². The number of aromatic carboxylic acids is 1. The van der Waals surface area contributed by atoms with Crippen molar-refractivity contribution in [3.05, 3.63) is 22.9 Å². The number of anilines is 1. The Labute approximate surface area is 106 Å². The molecule has 2 aliphatic rings. The summed E-state index contributed by atoms with van der Waals surface area (Å²) < 4.78 is 0. The van der Waals surface area contributed by atoms with Gasteiger partial charge in [0, 0.05) is 12.2 Å². The molecule has 0 spiro atoms. The van der Waals surface area contributed by atoms with Gasteiger partial charge in [-0.3, -0.25) is 0 Å². The van der Waals surface area contributed by atoms with Crippen LogP contribution in [0.1, 0.15) is 41.4 Å². The number of hydrogen-bond donors (Lipinski definition) is 2. The molecule has 0 saturated heterocycles. The van der Waals surface area contributed by atoms with E-state index in [-0.39, 0.29) is 0 Å². The number of carboxylic acids is 1. The number of pyridine rings is 1.